The second-order valence-corrected chi connectivity index (χ2v) is 22.5. The van der Waals surface area contributed by atoms with Crippen molar-refractivity contribution in [2.24, 2.45) is 46.3 Å². The van der Waals surface area contributed by atoms with Crippen LogP contribution >= 0.6 is 10.0 Å². The number of hydrogen-bond acceptors (Lipinski definition) is 1. The number of rotatable bonds is 7. The molecule has 178 valence electrons. The van der Waals surface area contributed by atoms with Gasteiger partial charge >= 0.3 is 171 Å². The summed E-state index contributed by atoms with van der Waals surface area (Å²) in [6.07, 6.45) is 19.1. The van der Waals surface area contributed by atoms with Crippen molar-refractivity contribution in [2.75, 3.05) is 0 Å². The monoisotopic (exact) mass is 506 g/mol. The summed E-state index contributed by atoms with van der Waals surface area (Å²) in [6, 6.07) is 0. The summed E-state index contributed by atoms with van der Waals surface area (Å²) >= 11 is -0.578. The number of fused-ring (bicyclic) bond motifs is 5. The number of hydrogen-bond donors (Lipinski definition) is 0. The quantitative estimate of drug-likeness (QED) is 0.245. The van der Waals surface area contributed by atoms with Crippen molar-refractivity contribution in [2.45, 2.75) is 122 Å². The van der Waals surface area contributed by atoms with E-state index in [2.05, 4.69) is 62.1 Å². The zero-order valence-corrected chi connectivity index (χ0v) is 24.4. The van der Waals surface area contributed by atoms with E-state index in [1.807, 2.05) is 5.57 Å². The molecule has 0 aromatic rings. The van der Waals surface area contributed by atoms with Gasteiger partial charge in [-0.1, -0.05) is 26.7 Å². The fraction of sp³-hybridized carbons (Fsp3) is 0.931. The van der Waals surface area contributed by atoms with Crippen LogP contribution in [0.3, 0.4) is 0 Å². The first-order valence-electron chi connectivity index (χ1n) is 13.7. The van der Waals surface area contributed by atoms with Gasteiger partial charge in [-0.3, -0.25) is 0 Å². The van der Waals surface area contributed by atoms with E-state index in [0.717, 1.165) is 40.8 Å². The van der Waals surface area contributed by atoms with E-state index in [-0.39, 0.29) is 0 Å². The summed E-state index contributed by atoms with van der Waals surface area (Å²) in [5.74, 6) is 5.78. The SMILES string of the molecule is CC(C)CCCC(C)C1CCC2C3CC=C4CC(S[As](C)C)CCC4(C)C3CCC12C. The van der Waals surface area contributed by atoms with Crippen molar-refractivity contribution < 1.29 is 0 Å². The standard InChI is InChI=1S/C29H51AsS/c1-20(2)9-8-10-21(3)25-13-14-26-24-12-11-22-19-23(31-30(6)7)15-17-28(22,4)27(24)16-18-29(25,26)5/h11,20-21,23-27H,8-10,12-19H2,1-7H3. The van der Waals surface area contributed by atoms with E-state index in [1.165, 1.54) is 70.6 Å². The Bertz CT molecular complexity index is 653. The molecule has 0 saturated heterocycles. The fourth-order valence-electron chi connectivity index (χ4n) is 9.04. The molecule has 8 unspecified atom stereocenters. The van der Waals surface area contributed by atoms with Crippen LogP contribution in [-0.2, 0) is 0 Å². The first-order valence-corrected chi connectivity index (χ1v) is 20.6. The van der Waals surface area contributed by atoms with Gasteiger partial charge in [0.2, 0.25) is 0 Å². The topological polar surface area (TPSA) is 0 Å². The summed E-state index contributed by atoms with van der Waals surface area (Å²) < 4.78 is 0. The second-order valence-electron chi connectivity index (χ2n) is 13.1. The molecule has 0 amide bonds. The Morgan fingerprint density at radius 3 is 2.48 bits per heavy atom. The Labute approximate surface area is 202 Å². The zero-order chi connectivity index (χ0) is 22.4. The van der Waals surface area contributed by atoms with Crippen molar-refractivity contribution in [3.63, 3.8) is 0 Å². The van der Waals surface area contributed by atoms with Crippen LogP contribution in [0.2, 0.25) is 11.4 Å². The first-order chi connectivity index (χ1) is 14.6. The van der Waals surface area contributed by atoms with Gasteiger partial charge in [0.15, 0.2) is 0 Å². The van der Waals surface area contributed by atoms with Crippen molar-refractivity contribution in [1.29, 1.82) is 0 Å². The molecule has 0 bridgehead atoms. The normalized spacial score (nSPS) is 43.4. The van der Waals surface area contributed by atoms with E-state index >= 15 is 0 Å². The van der Waals surface area contributed by atoms with Gasteiger partial charge in [0.25, 0.3) is 0 Å². The summed E-state index contributed by atoms with van der Waals surface area (Å²) in [7, 11) is 2.39. The molecule has 2 heteroatoms. The molecule has 0 aliphatic heterocycles. The average molecular weight is 507 g/mol. The Morgan fingerprint density at radius 2 is 1.77 bits per heavy atom. The summed E-state index contributed by atoms with van der Waals surface area (Å²) in [5, 5.41) is 0.947. The van der Waals surface area contributed by atoms with Gasteiger partial charge in [-0.25, -0.2) is 0 Å². The van der Waals surface area contributed by atoms with Crippen molar-refractivity contribution in [3.05, 3.63) is 11.6 Å². The summed E-state index contributed by atoms with van der Waals surface area (Å²) in [4.78, 5) is 0. The molecule has 0 nitrogen and oxygen atoms in total. The molecule has 0 aromatic carbocycles. The molecule has 0 spiro atoms. The maximum absolute atomic E-state index is 2.79. The predicted octanol–water partition coefficient (Wildman–Crippen LogP) is 9.38. The van der Waals surface area contributed by atoms with Crippen LogP contribution in [0, 0.1) is 46.3 Å². The molecule has 4 aliphatic carbocycles. The molecular formula is C29H51AsS. The minimum atomic E-state index is -0.578. The Hall–Kier alpha value is 0.648. The summed E-state index contributed by atoms with van der Waals surface area (Å²) in [5.41, 5.74) is 8.13. The van der Waals surface area contributed by atoms with Crippen LogP contribution in [0.5, 0.6) is 0 Å². The molecule has 4 aliphatic rings. The maximum atomic E-state index is 2.79. The molecule has 0 N–H and O–H groups in total. The first kappa shape index (κ1) is 24.8. The van der Waals surface area contributed by atoms with Crippen molar-refractivity contribution >= 4 is 23.5 Å². The average Bonchev–Trinajstić information content (AvgIpc) is 3.05. The van der Waals surface area contributed by atoms with E-state index < -0.39 is 13.5 Å². The van der Waals surface area contributed by atoms with Gasteiger partial charge in [0.05, 0.1) is 0 Å². The Kier molecular flexibility index (Phi) is 7.76. The van der Waals surface area contributed by atoms with Crippen LogP contribution in [0.15, 0.2) is 11.6 Å². The van der Waals surface area contributed by atoms with Gasteiger partial charge in [0.1, 0.15) is 0 Å². The molecule has 3 fully saturated rings. The third-order valence-corrected chi connectivity index (χ3v) is 16.3. The molecule has 31 heavy (non-hydrogen) atoms. The molecule has 3 saturated carbocycles. The van der Waals surface area contributed by atoms with Gasteiger partial charge in [0, 0.05) is 0 Å². The van der Waals surface area contributed by atoms with Gasteiger partial charge in [-0.2, -0.15) is 0 Å². The third-order valence-electron chi connectivity index (χ3n) is 10.6. The van der Waals surface area contributed by atoms with Crippen molar-refractivity contribution in [3.8, 4) is 0 Å². The van der Waals surface area contributed by atoms with E-state index in [0.29, 0.717) is 10.8 Å². The predicted molar refractivity (Wildman–Crippen MR) is 142 cm³/mol. The van der Waals surface area contributed by atoms with Crippen LogP contribution < -0.4 is 0 Å². The van der Waals surface area contributed by atoms with Gasteiger partial charge in [-0.15, -0.1) is 0 Å². The van der Waals surface area contributed by atoms with Crippen LogP contribution in [0.1, 0.15) is 105 Å². The van der Waals surface area contributed by atoms with Crippen LogP contribution in [-0.4, -0.2) is 18.7 Å². The molecule has 4 rings (SSSR count). The van der Waals surface area contributed by atoms with Crippen molar-refractivity contribution in [1.82, 2.24) is 0 Å². The summed E-state index contributed by atoms with van der Waals surface area (Å²) in [6.45, 7) is 12.8. The number of allylic oxidation sites excluding steroid dienone is 2. The molecule has 0 heterocycles. The van der Waals surface area contributed by atoms with Crippen LogP contribution in [0.4, 0.5) is 0 Å². The second kappa shape index (κ2) is 9.72. The fourth-order valence-corrected chi connectivity index (χ4v) is 15.0. The molecule has 0 aromatic heterocycles. The van der Waals surface area contributed by atoms with Gasteiger partial charge in [-0.05, 0) is 5.92 Å². The van der Waals surface area contributed by atoms with E-state index in [1.54, 1.807) is 0 Å². The molecule has 8 atom stereocenters. The van der Waals surface area contributed by atoms with E-state index in [4.69, 9.17) is 0 Å². The van der Waals surface area contributed by atoms with E-state index in [9.17, 15) is 0 Å². The Morgan fingerprint density at radius 1 is 1.00 bits per heavy atom. The molecular weight excluding hydrogens is 455 g/mol. The van der Waals surface area contributed by atoms with Gasteiger partial charge < -0.3 is 0 Å². The van der Waals surface area contributed by atoms with Crippen LogP contribution in [0.25, 0.3) is 0 Å². The minimum absolute atomic E-state index is 0.543. The third kappa shape index (κ3) is 4.77. The zero-order valence-electron chi connectivity index (χ0n) is 21.8. The molecule has 0 radical (unpaired) electrons. The Balaban J connectivity index is 1.46.